The molecular weight excluding hydrogens is 503 g/mol. The van der Waals surface area contributed by atoms with Crippen LogP contribution in [0.5, 0.6) is 5.75 Å². The Kier molecular flexibility index (Phi) is 12.1. The molecule has 0 saturated heterocycles. The lowest BCUT2D eigenvalue weighted by Gasteiger charge is -2.13. The summed E-state index contributed by atoms with van der Waals surface area (Å²) in [7, 11) is -3.01. The maximum absolute atomic E-state index is 12.5. The predicted molar refractivity (Wildman–Crippen MR) is 111 cm³/mol. The van der Waals surface area contributed by atoms with Gasteiger partial charge in [0.25, 0.3) is 0 Å². The quantitative estimate of drug-likeness (QED) is 0.224. The molecule has 0 amide bonds. The number of guanidine groups is 1. The molecule has 1 aromatic carbocycles. The molecule has 1 aromatic rings. The highest BCUT2D eigenvalue weighted by Gasteiger charge is 2.10. The van der Waals surface area contributed by atoms with E-state index in [4.69, 9.17) is 11.6 Å². The Bertz CT molecular complexity index is 691. The van der Waals surface area contributed by atoms with Crippen LogP contribution in [0, 0.1) is 0 Å². The minimum atomic E-state index is -3.01. The van der Waals surface area contributed by atoms with E-state index in [1.54, 1.807) is 0 Å². The van der Waals surface area contributed by atoms with E-state index in [0.717, 1.165) is 0 Å². The second-order valence-electron chi connectivity index (χ2n) is 5.24. The third-order valence-electron chi connectivity index (χ3n) is 2.97. The summed E-state index contributed by atoms with van der Waals surface area (Å²) in [5.41, 5.74) is 0.418. The molecule has 0 aliphatic rings. The van der Waals surface area contributed by atoms with Gasteiger partial charge in [-0.05, 0) is 31.5 Å². The number of benzene rings is 1. The lowest BCUT2D eigenvalue weighted by atomic mass is 10.2. The molecule has 11 heteroatoms. The van der Waals surface area contributed by atoms with Crippen molar-refractivity contribution < 1.29 is 21.9 Å². The minimum Gasteiger partial charge on any atom is -0.434 e. The van der Waals surface area contributed by atoms with E-state index < -0.39 is 16.4 Å². The molecule has 0 spiro atoms. The fourth-order valence-corrected chi connectivity index (χ4v) is 2.79. The monoisotopic (exact) mass is 525 g/mol. The van der Waals surface area contributed by atoms with Crippen LogP contribution >= 0.6 is 35.6 Å². The molecule has 0 saturated carbocycles. The smallest absolute Gasteiger partial charge is 0.387 e. The van der Waals surface area contributed by atoms with E-state index in [2.05, 4.69) is 20.4 Å². The van der Waals surface area contributed by atoms with E-state index in [1.165, 1.54) is 24.5 Å². The summed E-state index contributed by atoms with van der Waals surface area (Å²) in [6, 6.07) is 4.34. The van der Waals surface area contributed by atoms with Crippen molar-refractivity contribution >= 4 is 51.4 Å². The number of aliphatic imine (C=N–C) groups is 1. The van der Waals surface area contributed by atoms with Crippen molar-refractivity contribution in [3.63, 3.8) is 0 Å². The molecular formula is C15H23ClF2IN3O3S. The topological polar surface area (TPSA) is 79.8 Å². The lowest BCUT2D eigenvalue weighted by Crippen LogP contribution is -2.38. The van der Waals surface area contributed by atoms with Gasteiger partial charge in [0.15, 0.2) is 5.96 Å². The molecule has 6 nitrogen and oxygen atoms in total. The van der Waals surface area contributed by atoms with E-state index >= 15 is 0 Å². The number of sulfone groups is 1. The molecule has 0 aromatic heterocycles. The molecule has 0 bridgehead atoms. The Balaban J connectivity index is 0.00000625. The summed E-state index contributed by atoms with van der Waals surface area (Å²) < 4.78 is 51.6. The first-order valence-corrected chi connectivity index (χ1v) is 10.1. The highest BCUT2D eigenvalue weighted by atomic mass is 127. The van der Waals surface area contributed by atoms with E-state index in [0.29, 0.717) is 36.1 Å². The standard InChI is InChI=1S/C15H22ClF2N3O3S.HI/c1-3-19-15(20-7-4-8-25(2,22)23)21-10-11-9-12(16)5-6-13(11)24-14(17)18;/h5-6,9,14H,3-4,7-8,10H2,1-2H3,(H2,19,20,21);1H. The van der Waals surface area contributed by atoms with Crippen LogP contribution in [0.15, 0.2) is 23.2 Å². The van der Waals surface area contributed by atoms with Gasteiger partial charge in [0.1, 0.15) is 15.6 Å². The fraction of sp³-hybridized carbons (Fsp3) is 0.533. The van der Waals surface area contributed by atoms with E-state index in [1.807, 2.05) is 6.92 Å². The fourth-order valence-electron chi connectivity index (χ4n) is 1.93. The molecule has 1 rings (SSSR count). The molecule has 0 fully saturated rings. The summed E-state index contributed by atoms with van der Waals surface area (Å²) in [5.74, 6) is 0.523. The number of rotatable bonds is 9. The first-order valence-electron chi connectivity index (χ1n) is 7.64. The van der Waals surface area contributed by atoms with Gasteiger partial charge in [-0.25, -0.2) is 13.4 Å². The van der Waals surface area contributed by atoms with Gasteiger partial charge in [0.2, 0.25) is 0 Å². The van der Waals surface area contributed by atoms with Crippen molar-refractivity contribution in [3.05, 3.63) is 28.8 Å². The first-order chi connectivity index (χ1) is 11.7. The first kappa shape index (κ1) is 25.1. The van der Waals surface area contributed by atoms with Crippen LogP contribution < -0.4 is 15.4 Å². The zero-order valence-electron chi connectivity index (χ0n) is 14.5. The number of nitrogens with one attached hydrogen (secondary N) is 2. The molecule has 150 valence electrons. The van der Waals surface area contributed by atoms with Crippen LogP contribution in [-0.2, 0) is 16.4 Å². The van der Waals surface area contributed by atoms with Crippen LogP contribution in [0.3, 0.4) is 0 Å². The number of ether oxygens (including phenoxy) is 1. The summed E-state index contributed by atoms with van der Waals surface area (Å²) in [6.45, 7) is 0.0109. The molecule has 0 aliphatic carbocycles. The summed E-state index contributed by atoms with van der Waals surface area (Å²) >= 11 is 5.90. The van der Waals surface area contributed by atoms with Crippen molar-refractivity contribution in [1.29, 1.82) is 0 Å². The van der Waals surface area contributed by atoms with Gasteiger partial charge in [-0.15, -0.1) is 24.0 Å². The van der Waals surface area contributed by atoms with Gasteiger partial charge in [-0.2, -0.15) is 8.78 Å². The zero-order valence-corrected chi connectivity index (χ0v) is 18.4. The van der Waals surface area contributed by atoms with Crippen molar-refractivity contribution in [2.45, 2.75) is 26.5 Å². The number of alkyl halides is 2. The van der Waals surface area contributed by atoms with E-state index in [-0.39, 0.29) is 42.0 Å². The van der Waals surface area contributed by atoms with Crippen LogP contribution in [0.2, 0.25) is 5.02 Å². The van der Waals surface area contributed by atoms with Gasteiger partial charge in [0, 0.05) is 29.9 Å². The number of hydrogen-bond donors (Lipinski definition) is 2. The Morgan fingerprint density at radius 3 is 2.62 bits per heavy atom. The third-order valence-corrected chi connectivity index (χ3v) is 4.24. The number of hydrogen-bond acceptors (Lipinski definition) is 4. The van der Waals surface area contributed by atoms with Crippen molar-refractivity contribution in [2.75, 3.05) is 25.1 Å². The van der Waals surface area contributed by atoms with Crippen LogP contribution in [0.4, 0.5) is 8.78 Å². The molecule has 0 atom stereocenters. The SMILES string of the molecule is CCNC(=NCc1cc(Cl)ccc1OC(F)F)NCCCS(C)(=O)=O.I. The second kappa shape index (κ2) is 12.5. The van der Waals surface area contributed by atoms with Gasteiger partial charge in [0.05, 0.1) is 12.3 Å². The number of nitrogens with zero attached hydrogens (tertiary/aromatic N) is 1. The average molecular weight is 526 g/mol. The van der Waals surface area contributed by atoms with Crippen molar-refractivity contribution in [1.82, 2.24) is 10.6 Å². The maximum atomic E-state index is 12.5. The van der Waals surface area contributed by atoms with Crippen LogP contribution in [0.25, 0.3) is 0 Å². The molecule has 26 heavy (non-hydrogen) atoms. The van der Waals surface area contributed by atoms with Crippen molar-refractivity contribution in [3.8, 4) is 5.75 Å². The summed E-state index contributed by atoms with van der Waals surface area (Å²) in [4.78, 5) is 4.29. The highest BCUT2D eigenvalue weighted by Crippen LogP contribution is 2.25. The van der Waals surface area contributed by atoms with Gasteiger partial charge < -0.3 is 15.4 Å². The maximum Gasteiger partial charge on any atom is 0.387 e. The molecule has 0 aliphatic heterocycles. The minimum absolute atomic E-state index is 0. The Morgan fingerprint density at radius 1 is 1.35 bits per heavy atom. The average Bonchev–Trinajstić information content (AvgIpc) is 2.50. The molecule has 0 unspecified atom stereocenters. The molecule has 2 N–H and O–H groups in total. The van der Waals surface area contributed by atoms with Gasteiger partial charge in [-0.1, -0.05) is 11.6 Å². The van der Waals surface area contributed by atoms with Crippen molar-refractivity contribution in [2.24, 2.45) is 4.99 Å². The normalized spacial score (nSPS) is 11.8. The lowest BCUT2D eigenvalue weighted by molar-refractivity contribution is -0.0504. The Hall–Kier alpha value is -0.880. The predicted octanol–water partition coefficient (Wildman–Crippen LogP) is 3.05. The summed E-state index contributed by atoms with van der Waals surface area (Å²) in [6.07, 6.45) is 1.61. The van der Waals surface area contributed by atoms with Crippen LogP contribution in [-0.4, -0.2) is 46.1 Å². The second-order valence-corrected chi connectivity index (χ2v) is 7.93. The third kappa shape index (κ3) is 11.0. The largest absolute Gasteiger partial charge is 0.434 e. The highest BCUT2D eigenvalue weighted by molar-refractivity contribution is 14.0. The zero-order chi connectivity index (χ0) is 18.9. The number of halogens is 4. The molecule has 0 heterocycles. The Morgan fingerprint density at radius 2 is 2.04 bits per heavy atom. The van der Waals surface area contributed by atoms with Crippen LogP contribution in [0.1, 0.15) is 18.9 Å². The summed E-state index contributed by atoms with van der Waals surface area (Å²) in [5, 5.41) is 6.37. The Labute approximate surface area is 174 Å². The van der Waals surface area contributed by atoms with E-state index in [9.17, 15) is 17.2 Å². The van der Waals surface area contributed by atoms with Gasteiger partial charge in [-0.3, -0.25) is 0 Å². The van der Waals surface area contributed by atoms with Gasteiger partial charge >= 0.3 is 6.61 Å². The molecule has 0 radical (unpaired) electrons.